The first-order chi connectivity index (χ1) is 7.22. The minimum Gasteiger partial charge on any atom is -0.407 e. The van der Waals surface area contributed by atoms with Crippen molar-refractivity contribution in [1.29, 1.82) is 0 Å². The Balaban J connectivity index is 1.87. The molecule has 0 saturated heterocycles. The number of hydrogen-bond donors (Lipinski definition) is 1. The number of anilines is 1. The van der Waals surface area contributed by atoms with Gasteiger partial charge in [-0.05, 0) is 18.3 Å². The molecule has 0 amide bonds. The Bertz CT molecular complexity index is 320. The van der Waals surface area contributed by atoms with Crippen LogP contribution in [-0.2, 0) is 5.88 Å². The van der Waals surface area contributed by atoms with Crippen LogP contribution in [0.1, 0.15) is 38.5 Å². The van der Waals surface area contributed by atoms with E-state index in [0.717, 1.165) is 6.54 Å². The van der Waals surface area contributed by atoms with Gasteiger partial charge in [0.1, 0.15) is 5.88 Å². The highest BCUT2D eigenvalue weighted by molar-refractivity contribution is 6.16. The van der Waals surface area contributed by atoms with Gasteiger partial charge >= 0.3 is 6.01 Å². The molecule has 0 spiro atoms. The Morgan fingerprint density at radius 2 is 2.13 bits per heavy atom. The minimum atomic E-state index is 0.270. The fraction of sp³-hybridized carbons (Fsp3) is 0.800. The van der Waals surface area contributed by atoms with E-state index in [-0.39, 0.29) is 5.88 Å². The first-order valence-electron chi connectivity index (χ1n) is 5.34. The lowest BCUT2D eigenvalue weighted by molar-refractivity contribution is 0.357. The van der Waals surface area contributed by atoms with Crippen molar-refractivity contribution in [3.05, 3.63) is 5.89 Å². The van der Waals surface area contributed by atoms with Gasteiger partial charge in [-0.25, -0.2) is 0 Å². The van der Waals surface area contributed by atoms with Crippen LogP contribution >= 0.6 is 11.6 Å². The van der Waals surface area contributed by atoms with E-state index in [9.17, 15) is 0 Å². The molecule has 2 rings (SSSR count). The van der Waals surface area contributed by atoms with Gasteiger partial charge in [0.2, 0.25) is 5.89 Å². The highest BCUT2D eigenvalue weighted by atomic mass is 35.5. The molecule has 1 N–H and O–H groups in total. The summed E-state index contributed by atoms with van der Waals surface area (Å²) in [5.41, 5.74) is 0.385. The second-order valence-electron chi connectivity index (χ2n) is 4.51. The van der Waals surface area contributed by atoms with Crippen molar-refractivity contribution < 1.29 is 4.42 Å². The Labute approximate surface area is 94.4 Å². The first kappa shape index (κ1) is 10.7. The summed E-state index contributed by atoms with van der Waals surface area (Å²) in [5, 5.41) is 10.8. The predicted molar refractivity (Wildman–Crippen MR) is 58.9 cm³/mol. The standard InChI is InChI=1S/C10H16ClN3O/c1-10(4-2-3-5-10)7-12-9-14-13-8(6-11)15-9/h2-7H2,1H3,(H,12,14). The molecule has 1 aromatic heterocycles. The highest BCUT2D eigenvalue weighted by Crippen LogP contribution is 2.37. The van der Waals surface area contributed by atoms with Gasteiger partial charge in [0.05, 0.1) is 0 Å². The summed E-state index contributed by atoms with van der Waals surface area (Å²) in [7, 11) is 0. The van der Waals surface area contributed by atoms with Gasteiger partial charge in [0.15, 0.2) is 0 Å². The van der Waals surface area contributed by atoms with E-state index in [0.29, 0.717) is 17.3 Å². The molecule has 1 aliphatic carbocycles. The largest absolute Gasteiger partial charge is 0.407 e. The van der Waals surface area contributed by atoms with Crippen molar-refractivity contribution in [3.63, 3.8) is 0 Å². The Morgan fingerprint density at radius 1 is 1.40 bits per heavy atom. The monoisotopic (exact) mass is 229 g/mol. The third-order valence-corrected chi connectivity index (χ3v) is 3.29. The SMILES string of the molecule is CC1(CNc2nnc(CCl)o2)CCCC1. The molecule has 0 unspecified atom stereocenters. The third-order valence-electron chi connectivity index (χ3n) is 3.06. The van der Waals surface area contributed by atoms with Crippen molar-refractivity contribution >= 4 is 17.6 Å². The van der Waals surface area contributed by atoms with Crippen molar-refractivity contribution in [2.75, 3.05) is 11.9 Å². The Hall–Kier alpha value is -0.770. The molecule has 1 aliphatic rings. The summed E-state index contributed by atoms with van der Waals surface area (Å²) < 4.78 is 5.27. The van der Waals surface area contributed by atoms with Crippen molar-refractivity contribution in [3.8, 4) is 0 Å². The molecule has 1 aromatic rings. The van der Waals surface area contributed by atoms with Gasteiger partial charge in [-0.3, -0.25) is 0 Å². The van der Waals surface area contributed by atoms with E-state index in [1.54, 1.807) is 0 Å². The number of halogens is 1. The zero-order chi connectivity index (χ0) is 10.7. The van der Waals surface area contributed by atoms with E-state index in [1.165, 1.54) is 25.7 Å². The van der Waals surface area contributed by atoms with Gasteiger partial charge in [-0.1, -0.05) is 24.9 Å². The molecule has 5 heteroatoms. The molecular formula is C10H16ClN3O. The molecule has 0 atom stereocenters. The lowest BCUT2D eigenvalue weighted by atomic mass is 9.89. The van der Waals surface area contributed by atoms with E-state index < -0.39 is 0 Å². The zero-order valence-electron chi connectivity index (χ0n) is 8.92. The molecule has 1 fully saturated rings. The van der Waals surface area contributed by atoms with Crippen LogP contribution < -0.4 is 5.32 Å². The lowest BCUT2D eigenvalue weighted by Crippen LogP contribution is -2.23. The second kappa shape index (κ2) is 4.39. The van der Waals surface area contributed by atoms with Crippen molar-refractivity contribution in [2.24, 2.45) is 5.41 Å². The molecule has 4 nitrogen and oxygen atoms in total. The van der Waals surface area contributed by atoms with Crippen LogP contribution in [0.4, 0.5) is 6.01 Å². The molecule has 1 heterocycles. The first-order valence-corrected chi connectivity index (χ1v) is 5.88. The number of alkyl halides is 1. The average Bonchev–Trinajstić information content (AvgIpc) is 2.84. The molecule has 1 saturated carbocycles. The van der Waals surface area contributed by atoms with Crippen molar-refractivity contribution in [2.45, 2.75) is 38.5 Å². The van der Waals surface area contributed by atoms with Gasteiger partial charge in [-0.15, -0.1) is 16.7 Å². The third kappa shape index (κ3) is 2.62. The molecule has 0 bridgehead atoms. The van der Waals surface area contributed by atoms with Crippen LogP contribution in [-0.4, -0.2) is 16.7 Å². The Kier molecular flexibility index (Phi) is 3.14. The molecule has 0 aliphatic heterocycles. The predicted octanol–water partition coefficient (Wildman–Crippen LogP) is 2.80. The van der Waals surface area contributed by atoms with E-state index in [4.69, 9.17) is 16.0 Å². The highest BCUT2D eigenvalue weighted by Gasteiger charge is 2.28. The summed E-state index contributed by atoms with van der Waals surface area (Å²) in [6.45, 7) is 3.20. The van der Waals surface area contributed by atoms with Crippen LogP contribution in [0, 0.1) is 5.41 Å². The summed E-state index contributed by atoms with van der Waals surface area (Å²) in [6.07, 6.45) is 5.21. The quantitative estimate of drug-likeness (QED) is 0.807. The lowest BCUT2D eigenvalue weighted by Gasteiger charge is -2.22. The van der Waals surface area contributed by atoms with Crippen molar-refractivity contribution in [1.82, 2.24) is 10.2 Å². The van der Waals surface area contributed by atoms with E-state index in [1.807, 2.05) is 0 Å². The summed E-state index contributed by atoms with van der Waals surface area (Å²) in [4.78, 5) is 0. The second-order valence-corrected chi connectivity index (χ2v) is 4.77. The summed E-state index contributed by atoms with van der Waals surface area (Å²) in [5.74, 6) is 0.738. The van der Waals surface area contributed by atoms with Gasteiger partial charge < -0.3 is 9.73 Å². The topological polar surface area (TPSA) is 51.0 Å². The molecule has 84 valence electrons. The molecule has 15 heavy (non-hydrogen) atoms. The van der Waals surface area contributed by atoms with Crippen LogP contribution in [0.2, 0.25) is 0 Å². The number of hydrogen-bond acceptors (Lipinski definition) is 4. The maximum Gasteiger partial charge on any atom is 0.315 e. The summed E-state index contributed by atoms with van der Waals surface area (Å²) in [6, 6.07) is 0.485. The fourth-order valence-corrected chi connectivity index (χ4v) is 2.18. The van der Waals surface area contributed by atoms with Crippen LogP contribution in [0.3, 0.4) is 0 Å². The maximum atomic E-state index is 5.57. The smallest absolute Gasteiger partial charge is 0.315 e. The van der Waals surface area contributed by atoms with Gasteiger partial charge in [0.25, 0.3) is 0 Å². The molecular weight excluding hydrogens is 214 g/mol. The normalized spacial score (nSPS) is 19.3. The van der Waals surface area contributed by atoms with Crippen LogP contribution in [0.5, 0.6) is 0 Å². The van der Waals surface area contributed by atoms with Crippen LogP contribution in [0.15, 0.2) is 4.42 Å². The zero-order valence-corrected chi connectivity index (χ0v) is 9.68. The Morgan fingerprint density at radius 3 is 2.73 bits per heavy atom. The summed E-state index contributed by atoms with van der Waals surface area (Å²) >= 11 is 5.57. The maximum absolute atomic E-state index is 5.57. The van der Waals surface area contributed by atoms with Gasteiger partial charge in [-0.2, -0.15) is 0 Å². The number of nitrogens with one attached hydrogen (secondary N) is 1. The van der Waals surface area contributed by atoms with Gasteiger partial charge in [0, 0.05) is 6.54 Å². The van der Waals surface area contributed by atoms with E-state index in [2.05, 4.69) is 22.4 Å². The molecule has 0 radical (unpaired) electrons. The minimum absolute atomic E-state index is 0.270. The number of aromatic nitrogens is 2. The number of rotatable bonds is 4. The van der Waals surface area contributed by atoms with Crippen LogP contribution in [0.25, 0.3) is 0 Å². The average molecular weight is 230 g/mol. The van der Waals surface area contributed by atoms with E-state index >= 15 is 0 Å². The fourth-order valence-electron chi connectivity index (χ4n) is 2.07. The molecule has 0 aromatic carbocycles. The number of nitrogens with zero attached hydrogens (tertiary/aromatic N) is 2.